The number of rotatable bonds is 4. The number of aromatic nitrogens is 1. The quantitative estimate of drug-likeness (QED) is 0.665. The van der Waals surface area contributed by atoms with Crippen molar-refractivity contribution in [3.63, 3.8) is 0 Å². The number of nitrogens with two attached hydrogens (primary N) is 1. The molecule has 90 valence electrons. The number of carbonyl (C=O) groups is 1. The Morgan fingerprint density at radius 1 is 1.56 bits per heavy atom. The average molecular weight is 260 g/mol. The molecule has 0 spiro atoms. The summed E-state index contributed by atoms with van der Waals surface area (Å²) in [5, 5.41) is 0.712. The molecule has 0 aliphatic heterocycles. The molecule has 2 unspecified atom stereocenters. The van der Waals surface area contributed by atoms with Gasteiger partial charge in [-0.15, -0.1) is 11.8 Å². The zero-order chi connectivity index (χ0) is 12.3. The molecule has 0 bridgehead atoms. The molecule has 0 saturated heterocycles. The Balaban J connectivity index is 2.67. The van der Waals surface area contributed by atoms with Crippen LogP contribution in [0, 0.1) is 12.8 Å². The molecular formula is C10H16N2O2S2. The molecule has 16 heavy (non-hydrogen) atoms. The molecule has 0 aliphatic rings. The molecule has 1 rings (SSSR count). The summed E-state index contributed by atoms with van der Waals surface area (Å²) in [5.74, 6) is -0.326. The predicted octanol–water partition coefficient (Wildman–Crippen LogP) is 2.32. The van der Waals surface area contributed by atoms with Crippen LogP contribution in [0.5, 0.6) is 0 Å². The van der Waals surface area contributed by atoms with Crippen LogP contribution in [0.2, 0.25) is 0 Å². The van der Waals surface area contributed by atoms with Crippen molar-refractivity contribution in [2.24, 2.45) is 5.92 Å². The highest BCUT2D eigenvalue weighted by Gasteiger charge is 2.23. The van der Waals surface area contributed by atoms with E-state index in [1.165, 1.54) is 18.4 Å². The first-order valence-electron chi connectivity index (χ1n) is 4.93. The Hall–Kier alpha value is -0.750. The Kier molecular flexibility index (Phi) is 4.61. The molecule has 0 amide bonds. The number of hydrogen-bond acceptors (Lipinski definition) is 6. The first kappa shape index (κ1) is 13.3. The molecule has 0 aromatic carbocycles. The summed E-state index contributed by atoms with van der Waals surface area (Å²) in [6, 6.07) is 0. The summed E-state index contributed by atoms with van der Waals surface area (Å²) in [7, 11) is 1.41. The standard InChI is InChI=1S/C10H16N2O2S2/c1-5(8(13)14-4)7(3)15-9-6(2)12-10(11)16-9/h5,7H,1-4H3,(H2,11,12). The van der Waals surface area contributed by atoms with Gasteiger partial charge in [0, 0.05) is 5.25 Å². The van der Waals surface area contributed by atoms with Crippen molar-refractivity contribution in [3.8, 4) is 0 Å². The first-order chi connectivity index (χ1) is 7.45. The Labute approximate surface area is 104 Å². The van der Waals surface area contributed by atoms with Gasteiger partial charge >= 0.3 is 5.97 Å². The maximum Gasteiger partial charge on any atom is 0.309 e. The minimum absolute atomic E-state index is 0.141. The van der Waals surface area contributed by atoms with E-state index in [0.717, 1.165) is 9.90 Å². The van der Waals surface area contributed by atoms with Crippen LogP contribution in [0.1, 0.15) is 19.5 Å². The summed E-state index contributed by atoms with van der Waals surface area (Å²) in [4.78, 5) is 15.5. The van der Waals surface area contributed by atoms with Gasteiger partial charge in [-0.1, -0.05) is 25.2 Å². The molecule has 1 heterocycles. The third kappa shape index (κ3) is 3.12. The summed E-state index contributed by atoms with van der Waals surface area (Å²) in [6.07, 6.45) is 0. The second kappa shape index (κ2) is 5.54. The predicted molar refractivity (Wildman–Crippen MR) is 67.8 cm³/mol. The molecule has 4 nitrogen and oxygen atoms in total. The molecule has 0 saturated carbocycles. The highest BCUT2D eigenvalue weighted by atomic mass is 32.2. The molecule has 0 aliphatic carbocycles. The summed E-state index contributed by atoms with van der Waals surface area (Å²) in [5.41, 5.74) is 6.55. The number of carbonyl (C=O) groups excluding carboxylic acids is 1. The highest BCUT2D eigenvalue weighted by Crippen LogP contribution is 2.35. The monoisotopic (exact) mass is 260 g/mol. The zero-order valence-corrected chi connectivity index (χ0v) is 11.4. The van der Waals surface area contributed by atoms with Crippen molar-refractivity contribution in [3.05, 3.63) is 5.69 Å². The van der Waals surface area contributed by atoms with E-state index in [4.69, 9.17) is 10.5 Å². The van der Waals surface area contributed by atoms with Gasteiger partial charge in [0.15, 0.2) is 5.13 Å². The summed E-state index contributed by atoms with van der Waals surface area (Å²) in [6.45, 7) is 5.79. The second-order valence-corrected chi connectivity index (χ2v) is 6.24. The molecular weight excluding hydrogens is 244 g/mol. The van der Waals surface area contributed by atoms with E-state index in [9.17, 15) is 4.79 Å². The van der Waals surface area contributed by atoms with Crippen molar-refractivity contribution in [2.45, 2.75) is 30.2 Å². The number of anilines is 1. The minimum atomic E-state index is -0.185. The van der Waals surface area contributed by atoms with Gasteiger partial charge in [0.2, 0.25) is 0 Å². The lowest BCUT2D eigenvalue weighted by Crippen LogP contribution is -2.21. The molecule has 0 fully saturated rings. The third-order valence-corrected chi connectivity index (χ3v) is 4.95. The van der Waals surface area contributed by atoms with Gasteiger partial charge in [0.25, 0.3) is 0 Å². The Morgan fingerprint density at radius 2 is 2.19 bits per heavy atom. The van der Waals surface area contributed by atoms with Crippen LogP contribution in [0.4, 0.5) is 5.13 Å². The summed E-state index contributed by atoms with van der Waals surface area (Å²) >= 11 is 3.07. The van der Waals surface area contributed by atoms with E-state index in [2.05, 4.69) is 4.98 Å². The smallest absolute Gasteiger partial charge is 0.309 e. The van der Waals surface area contributed by atoms with Gasteiger partial charge in [-0.05, 0) is 6.92 Å². The molecule has 1 aromatic rings. The van der Waals surface area contributed by atoms with Crippen LogP contribution >= 0.6 is 23.1 Å². The molecule has 1 aromatic heterocycles. The van der Waals surface area contributed by atoms with E-state index in [0.29, 0.717) is 5.13 Å². The van der Waals surface area contributed by atoms with Crippen molar-refractivity contribution >= 4 is 34.2 Å². The van der Waals surface area contributed by atoms with Crippen LogP contribution < -0.4 is 5.73 Å². The Morgan fingerprint density at radius 3 is 2.62 bits per heavy atom. The topological polar surface area (TPSA) is 65.2 Å². The highest BCUT2D eigenvalue weighted by molar-refractivity contribution is 8.01. The minimum Gasteiger partial charge on any atom is -0.469 e. The lowest BCUT2D eigenvalue weighted by molar-refractivity contribution is -0.144. The number of nitrogens with zero attached hydrogens (tertiary/aromatic N) is 1. The van der Waals surface area contributed by atoms with Crippen LogP contribution in [0.15, 0.2) is 4.21 Å². The fourth-order valence-corrected chi connectivity index (χ4v) is 3.50. The van der Waals surface area contributed by atoms with E-state index in [1.54, 1.807) is 11.8 Å². The lowest BCUT2D eigenvalue weighted by atomic mass is 10.1. The van der Waals surface area contributed by atoms with Crippen molar-refractivity contribution < 1.29 is 9.53 Å². The van der Waals surface area contributed by atoms with Crippen molar-refractivity contribution in [1.29, 1.82) is 0 Å². The number of methoxy groups -OCH3 is 1. The van der Waals surface area contributed by atoms with Crippen molar-refractivity contribution in [2.75, 3.05) is 12.8 Å². The van der Waals surface area contributed by atoms with Gasteiger partial charge in [0.1, 0.15) is 0 Å². The fraction of sp³-hybridized carbons (Fsp3) is 0.600. The average Bonchev–Trinajstić information content (AvgIpc) is 2.55. The first-order valence-corrected chi connectivity index (χ1v) is 6.62. The number of aryl methyl sites for hydroxylation is 1. The van der Waals surface area contributed by atoms with Gasteiger partial charge in [0.05, 0.1) is 22.9 Å². The van der Waals surface area contributed by atoms with Gasteiger partial charge < -0.3 is 10.5 Å². The van der Waals surface area contributed by atoms with E-state index in [-0.39, 0.29) is 17.1 Å². The largest absolute Gasteiger partial charge is 0.469 e. The SMILES string of the molecule is COC(=O)C(C)C(C)Sc1sc(N)nc1C. The van der Waals surface area contributed by atoms with E-state index >= 15 is 0 Å². The number of thioether (sulfide) groups is 1. The zero-order valence-electron chi connectivity index (χ0n) is 9.81. The molecule has 2 N–H and O–H groups in total. The van der Waals surface area contributed by atoms with Crippen LogP contribution in [-0.2, 0) is 9.53 Å². The van der Waals surface area contributed by atoms with Crippen molar-refractivity contribution in [1.82, 2.24) is 4.98 Å². The van der Waals surface area contributed by atoms with E-state index < -0.39 is 0 Å². The molecule has 6 heteroatoms. The number of esters is 1. The van der Waals surface area contributed by atoms with Crippen LogP contribution in [-0.4, -0.2) is 23.3 Å². The summed E-state index contributed by atoms with van der Waals surface area (Å²) < 4.78 is 5.79. The van der Waals surface area contributed by atoms with Crippen LogP contribution in [0.25, 0.3) is 0 Å². The molecule has 0 radical (unpaired) electrons. The maximum absolute atomic E-state index is 11.4. The Bertz CT molecular complexity index is 379. The normalized spacial score (nSPS) is 14.5. The number of hydrogen-bond donors (Lipinski definition) is 1. The maximum atomic E-state index is 11.4. The second-order valence-electron chi connectivity index (χ2n) is 3.56. The number of nitrogen functional groups attached to an aromatic ring is 1. The van der Waals surface area contributed by atoms with Gasteiger partial charge in [-0.2, -0.15) is 0 Å². The van der Waals surface area contributed by atoms with E-state index in [1.807, 2.05) is 20.8 Å². The van der Waals surface area contributed by atoms with Gasteiger partial charge in [-0.3, -0.25) is 4.79 Å². The van der Waals surface area contributed by atoms with Gasteiger partial charge in [-0.25, -0.2) is 4.98 Å². The molecule has 2 atom stereocenters. The lowest BCUT2D eigenvalue weighted by Gasteiger charge is -2.16. The fourth-order valence-electron chi connectivity index (χ4n) is 1.16. The third-order valence-electron chi connectivity index (χ3n) is 2.34. The number of thiazole rings is 1. The number of ether oxygens (including phenoxy) is 1. The van der Waals surface area contributed by atoms with Crippen LogP contribution in [0.3, 0.4) is 0 Å².